The number of nitrogens with two attached hydrogens (primary N) is 1. The topological polar surface area (TPSA) is 78.0 Å². The number of hydrogen-bond acceptors (Lipinski definition) is 5. The minimum Gasteiger partial charge on any atom is -0.470 e. The number of nitrogens with one attached hydrogen (secondary N) is 1. The van der Waals surface area contributed by atoms with Crippen molar-refractivity contribution in [3.8, 4) is 5.88 Å². The van der Waals surface area contributed by atoms with E-state index in [1.165, 1.54) is 0 Å². The molecule has 6 heteroatoms. The summed E-state index contributed by atoms with van der Waals surface area (Å²) in [4.78, 5) is 4.41. The van der Waals surface area contributed by atoms with Crippen molar-refractivity contribution in [1.82, 2.24) is 14.8 Å². The van der Waals surface area contributed by atoms with Crippen LogP contribution in [-0.2, 0) is 6.54 Å². The molecule has 0 radical (unpaired) electrons. The van der Waals surface area contributed by atoms with E-state index in [-0.39, 0.29) is 5.60 Å². The van der Waals surface area contributed by atoms with Crippen LogP contribution in [0.4, 0.5) is 11.5 Å². The first-order chi connectivity index (χ1) is 9.94. The van der Waals surface area contributed by atoms with Crippen molar-refractivity contribution in [2.24, 2.45) is 0 Å². The number of rotatable bonds is 6. The summed E-state index contributed by atoms with van der Waals surface area (Å²) in [7, 11) is 0. The van der Waals surface area contributed by atoms with Gasteiger partial charge in [0, 0.05) is 25.5 Å². The summed E-state index contributed by atoms with van der Waals surface area (Å²) in [5.74, 6) is 1.24. The molecule has 0 aliphatic heterocycles. The fraction of sp³-hybridized carbons (Fsp3) is 0.467. The van der Waals surface area contributed by atoms with Crippen molar-refractivity contribution in [3.05, 3.63) is 30.6 Å². The number of nitrogens with zero attached hydrogens (tertiary/aromatic N) is 3. The van der Waals surface area contributed by atoms with Crippen molar-refractivity contribution in [2.75, 3.05) is 17.6 Å². The van der Waals surface area contributed by atoms with E-state index in [1.54, 1.807) is 6.20 Å². The van der Waals surface area contributed by atoms with Gasteiger partial charge in [-0.1, -0.05) is 0 Å². The summed E-state index contributed by atoms with van der Waals surface area (Å²) in [6.45, 7) is 7.60. The Labute approximate surface area is 125 Å². The molecule has 0 spiro atoms. The van der Waals surface area contributed by atoms with Crippen LogP contribution in [0, 0.1) is 0 Å². The third kappa shape index (κ3) is 4.98. The highest BCUT2D eigenvalue weighted by atomic mass is 16.5. The molecule has 6 nitrogen and oxygen atoms in total. The third-order valence-electron chi connectivity index (χ3n) is 2.72. The van der Waals surface area contributed by atoms with E-state index in [9.17, 15) is 0 Å². The Hall–Kier alpha value is -2.24. The van der Waals surface area contributed by atoms with E-state index in [0.29, 0.717) is 11.6 Å². The first-order valence-electron chi connectivity index (χ1n) is 7.11. The van der Waals surface area contributed by atoms with E-state index < -0.39 is 0 Å². The first-order valence-corrected chi connectivity index (χ1v) is 7.11. The molecule has 114 valence electrons. The molecule has 0 saturated carbocycles. The molecule has 0 saturated heterocycles. The Morgan fingerprint density at radius 2 is 2.14 bits per heavy atom. The van der Waals surface area contributed by atoms with Crippen molar-refractivity contribution in [1.29, 1.82) is 0 Å². The smallest absolute Gasteiger partial charge is 0.239 e. The Kier molecular flexibility index (Phi) is 4.67. The minimum atomic E-state index is -0.320. The van der Waals surface area contributed by atoms with Gasteiger partial charge in [-0.05, 0) is 45.4 Å². The zero-order chi connectivity index (χ0) is 15.3. The average molecular weight is 289 g/mol. The maximum atomic E-state index is 5.89. The van der Waals surface area contributed by atoms with Crippen LogP contribution in [0.2, 0.25) is 0 Å². The van der Waals surface area contributed by atoms with Gasteiger partial charge < -0.3 is 15.8 Å². The number of aryl methyl sites for hydroxylation is 1. The summed E-state index contributed by atoms with van der Waals surface area (Å²) >= 11 is 0. The minimum absolute atomic E-state index is 0.320. The Morgan fingerprint density at radius 1 is 1.33 bits per heavy atom. The van der Waals surface area contributed by atoms with Gasteiger partial charge in [0.15, 0.2) is 0 Å². The molecule has 0 bridgehead atoms. The van der Waals surface area contributed by atoms with E-state index >= 15 is 0 Å². The van der Waals surface area contributed by atoms with E-state index in [2.05, 4.69) is 15.4 Å². The van der Waals surface area contributed by atoms with Crippen LogP contribution < -0.4 is 15.8 Å². The van der Waals surface area contributed by atoms with Gasteiger partial charge in [-0.2, -0.15) is 10.1 Å². The number of aromatic nitrogens is 3. The molecule has 3 N–H and O–H groups in total. The highest BCUT2D eigenvalue weighted by molar-refractivity contribution is 5.53. The SMILES string of the molecule is CC(C)(C)Oc1nc(NCCCn2cccn2)ccc1N. The summed E-state index contributed by atoms with van der Waals surface area (Å²) in [6.07, 6.45) is 4.70. The number of hydrogen-bond donors (Lipinski definition) is 2. The summed E-state index contributed by atoms with van der Waals surface area (Å²) < 4.78 is 7.66. The fourth-order valence-corrected chi connectivity index (χ4v) is 1.81. The van der Waals surface area contributed by atoms with Gasteiger partial charge in [-0.15, -0.1) is 0 Å². The molecule has 0 fully saturated rings. The lowest BCUT2D eigenvalue weighted by atomic mass is 10.2. The fourth-order valence-electron chi connectivity index (χ4n) is 1.81. The monoisotopic (exact) mass is 289 g/mol. The predicted octanol–water partition coefficient (Wildman–Crippen LogP) is 2.54. The van der Waals surface area contributed by atoms with Gasteiger partial charge in [0.2, 0.25) is 5.88 Å². The zero-order valence-electron chi connectivity index (χ0n) is 12.8. The summed E-state index contributed by atoms with van der Waals surface area (Å²) in [5.41, 5.74) is 6.12. The quantitative estimate of drug-likeness (QED) is 0.799. The van der Waals surface area contributed by atoms with Crippen molar-refractivity contribution >= 4 is 11.5 Å². The Balaban J connectivity index is 1.87. The van der Waals surface area contributed by atoms with Gasteiger partial charge in [0.25, 0.3) is 0 Å². The molecule has 0 atom stereocenters. The molecule has 2 aromatic rings. The summed E-state index contributed by atoms with van der Waals surface area (Å²) in [6, 6.07) is 5.59. The van der Waals surface area contributed by atoms with Crippen molar-refractivity contribution in [3.63, 3.8) is 0 Å². The molecule has 21 heavy (non-hydrogen) atoms. The molecular formula is C15H23N5O. The lowest BCUT2D eigenvalue weighted by Gasteiger charge is -2.21. The number of nitrogen functional groups attached to an aromatic ring is 1. The standard InChI is InChI=1S/C15H23N5O/c1-15(2,3)21-14-12(16)6-7-13(19-14)17-8-4-10-20-11-5-9-18-20/h5-7,9,11H,4,8,10,16H2,1-3H3,(H,17,19). The predicted molar refractivity (Wildman–Crippen MR) is 84.4 cm³/mol. The lowest BCUT2D eigenvalue weighted by molar-refractivity contribution is 0.125. The van der Waals surface area contributed by atoms with E-state index in [0.717, 1.165) is 25.3 Å². The van der Waals surface area contributed by atoms with Crippen molar-refractivity contribution < 1.29 is 4.74 Å². The molecule has 2 heterocycles. The second-order valence-electron chi connectivity index (χ2n) is 5.85. The van der Waals surface area contributed by atoms with E-state index in [1.807, 2.05) is 49.8 Å². The largest absolute Gasteiger partial charge is 0.470 e. The Bertz CT molecular complexity index is 560. The molecular weight excluding hydrogens is 266 g/mol. The maximum Gasteiger partial charge on any atom is 0.239 e. The van der Waals surface area contributed by atoms with Gasteiger partial charge in [-0.3, -0.25) is 4.68 Å². The highest BCUT2D eigenvalue weighted by Gasteiger charge is 2.15. The number of ether oxygens (including phenoxy) is 1. The van der Waals surface area contributed by atoms with Crippen LogP contribution in [0.15, 0.2) is 30.6 Å². The normalized spacial score (nSPS) is 11.4. The van der Waals surface area contributed by atoms with Gasteiger partial charge in [0.1, 0.15) is 11.4 Å². The van der Waals surface area contributed by atoms with Crippen molar-refractivity contribution in [2.45, 2.75) is 39.3 Å². The molecule has 2 aromatic heterocycles. The van der Waals surface area contributed by atoms with Crippen LogP contribution in [0.25, 0.3) is 0 Å². The van der Waals surface area contributed by atoms with E-state index in [4.69, 9.17) is 10.5 Å². The molecule has 0 amide bonds. The van der Waals surface area contributed by atoms with Crippen LogP contribution in [0.1, 0.15) is 27.2 Å². The maximum absolute atomic E-state index is 5.89. The first kappa shape index (κ1) is 15.2. The second-order valence-corrected chi connectivity index (χ2v) is 5.85. The number of pyridine rings is 1. The van der Waals surface area contributed by atoms with Gasteiger partial charge in [-0.25, -0.2) is 0 Å². The van der Waals surface area contributed by atoms with Gasteiger partial charge in [0.05, 0.1) is 5.69 Å². The lowest BCUT2D eigenvalue weighted by Crippen LogP contribution is -2.24. The van der Waals surface area contributed by atoms with Gasteiger partial charge >= 0.3 is 0 Å². The average Bonchev–Trinajstić information content (AvgIpc) is 2.90. The van der Waals surface area contributed by atoms with Crippen LogP contribution >= 0.6 is 0 Å². The second kappa shape index (κ2) is 6.47. The molecule has 0 aliphatic rings. The molecule has 2 rings (SSSR count). The zero-order valence-corrected chi connectivity index (χ0v) is 12.8. The molecule has 0 aliphatic carbocycles. The highest BCUT2D eigenvalue weighted by Crippen LogP contribution is 2.24. The molecule has 0 unspecified atom stereocenters. The van der Waals surface area contributed by atoms with Crippen LogP contribution in [0.5, 0.6) is 5.88 Å². The molecule has 0 aromatic carbocycles. The number of anilines is 2. The Morgan fingerprint density at radius 3 is 2.81 bits per heavy atom. The van der Waals surface area contributed by atoms with Crippen LogP contribution in [-0.4, -0.2) is 26.9 Å². The van der Waals surface area contributed by atoms with Crippen LogP contribution in [0.3, 0.4) is 0 Å². The summed E-state index contributed by atoms with van der Waals surface area (Å²) in [5, 5.41) is 7.44. The third-order valence-corrected chi connectivity index (χ3v) is 2.72.